The molecule has 3 nitrogen and oxygen atoms in total. The number of carbonyl (C=O) groups is 1. The highest BCUT2D eigenvalue weighted by molar-refractivity contribution is 7.98. The predicted molar refractivity (Wildman–Crippen MR) is 74.1 cm³/mol. The molecule has 4 heteroatoms. The van der Waals surface area contributed by atoms with Gasteiger partial charge < -0.3 is 4.74 Å². The maximum Gasteiger partial charge on any atom is 0.414 e. The first kappa shape index (κ1) is 11.9. The van der Waals surface area contributed by atoms with Gasteiger partial charge in [-0.2, -0.15) is 11.8 Å². The van der Waals surface area contributed by atoms with E-state index in [0.29, 0.717) is 6.61 Å². The maximum atomic E-state index is 12.0. The summed E-state index contributed by atoms with van der Waals surface area (Å²) in [5, 5.41) is 0. The summed E-state index contributed by atoms with van der Waals surface area (Å²) in [4.78, 5) is 13.8. The molecule has 3 rings (SSSR count). The van der Waals surface area contributed by atoms with Gasteiger partial charge in [0.1, 0.15) is 0 Å². The quantitative estimate of drug-likeness (QED) is 0.778. The van der Waals surface area contributed by atoms with Gasteiger partial charge in [0.05, 0.1) is 12.3 Å². The van der Waals surface area contributed by atoms with Crippen molar-refractivity contribution in [3.8, 4) is 0 Å². The summed E-state index contributed by atoms with van der Waals surface area (Å²) >= 11 is 1.95. The molecule has 2 aliphatic rings. The number of hydrogen-bond donors (Lipinski definition) is 0. The van der Waals surface area contributed by atoms with E-state index in [9.17, 15) is 4.79 Å². The fourth-order valence-corrected chi connectivity index (χ4v) is 3.74. The number of nitrogens with zero attached hydrogens (tertiary/aromatic N) is 1. The molecule has 1 aromatic rings. The third-order valence-corrected chi connectivity index (χ3v) is 4.55. The second kappa shape index (κ2) is 4.84. The summed E-state index contributed by atoms with van der Waals surface area (Å²) < 4.78 is 5.14. The van der Waals surface area contributed by atoms with Crippen LogP contribution in [0, 0.1) is 0 Å². The Bertz CT molecular complexity index is 487. The molecule has 1 aromatic carbocycles. The van der Waals surface area contributed by atoms with Crippen molar-refractivity contribution in [1.82, 2.24) is 0 Å². The summed E-state index contributed by atoms with van der Waals surface area (Å²) in [6, 6.07) is 4.48. The molecule has 0 bridgehead atoms. The summed E-state index contributed by atoms with van der Waals surface area (Å²) in [6.07, 6.45) is 1.89. The Balaban J connectivity index is 1.97. The molecule has 2 heterocycles. The van der Waals surface area contributed by atoms with Crippen molar-refractivity contribution in [2.75, 3.05) is 18.1 Å². The van der Waals surface area contributed by atoms with Crippen LogP contribution >= 0.6 is 11.8 Å². The Morgan fingerprint density at radius 2 is 2.11 bits per heavy atom. The lowest BCUT2D eigenvalue weighted by molar-refractivity contribution is 0.159. The van der Waals surface area contributed by atoms with Crippen LogP contribution < -0.4 is 4.90 Å². The first-order chi connectivity index (χ1) is 8.79. The fraction of sp³-hybridized carbons (Fsp3) is 0.500. The van der Waals surface area contributed by atoms with E-state index >= 15 is 0 Å². The molecule has 0 fully saturated rings. The molecule has 0 spiro atoms. The highest BCUT2D eigenvalue weighted by Gasteiger charge is 2.26. The number of carbonyl (C=O) groups excluding carboxylic acids is 1. The summed E-state index contributed by atoms with van der Waals surface area (Å²) in [7, 11) is 0. The van der Waals surface area contributed by atoms with Gasteiger partial charge in [-0.15, -0.1) is 0 Å². The molecule has 18 heavy (non-hydrogen) atoms. The Morgan fingerprint density at radius 3 is 2.89 bits per heavy atom. The second-order valence-corrected chi connectivity index (χ2v) is 5.68. The van der Waals surface area contributed by atoms with Crippen molar-refractivity contribution in [1.29, 1.82) is 0 Å². The van der Waals surface area contributed by atoms with Crippen molar-refractivity contribution >= 4 is 23.5 Å². The first-order valence-corrected chi connectivity index (χ1v) is 7.61. The minimum absolute atomic E-state index is 0.205. The smallest absolute Gasteiger partial charge is 0.414 e. The van der Waals surface area contributed by atoms with E-state index in [1.54, 1.807) is 4.90 Å². The Labute approximate surface area is 111 Å². The first-order valence-electron chi connectivity index (χ1n) is 6.46. The minimum atomic E-state index is -0.205. The monoisotopic (exact) mass is 263 g/mol. The molecule has 0 atom stereocenters. The lowest BCUT2D eigenvalue weighted by Gasteiger charge is -2.29. The molecule has 0 aromatic heterocycles. The molecule has 0 unspecified atom stereocenters. The third kappa shape index (κ3) is 1.99. The number of benzene rings is 1. The molecule has 2 aliphatic heterocycles. The molecule has 0 saturated heterocycles. The zero-order valence-electron chi connectivity index (χ0n) is 10.6. The van der Waals surface area contributed by atoms with Crippen LogP contribution in [-0.4, -0.2) is 19.2 Å². The van der Waals surface area contributed by atoms with Gasteiger partial charge in [0.2, 0.25) is 0 Å². The number of hydrogen-bond acceptors (Lipinski definition) is 3. The van der Waals surface area contributed by atoms with Crippen LogP contribution in [0.4, 0.5) is 10.5 Å². The molecular formula is C14H17NO2S. The number of amides is 1. The van der Waals surface area contributed by atoms with E-state index in [2.05, 4.69) is 12.1 Å². The van der Waals surface area contributed by atoms with Crippen LogP contribution in [0.2, 0.25) is 0 Å². The van der Waals surface area contributed by atoms with Crippen molar-refractivity contribution in [3.63, 3.8) is 0 Å². The van der Waals surface area contributed by atoms with E-state index in [1.807, 2.05) is 18.7 Å². The molecule has 0 radical (unpaired) electrons. The molecule has 0 aliphatic carbocycles. The SMILES string of the molecule is CCOC(=O)N1CCCc2cc3c(cc21)CSC3. The van der Waals surface area contributed by atoms with Crippen LogP contribution in [0.3, 0.4) is 0 Å². The van der Waals surface area contributed by atoms with E-state index in [1.165, 1.54) is 16.7 Å². The van der Waals surface area contributed by atoms with Gasteiger partial charge in [-0.25, -0.2) is 4.79 Å². The number of fused-ring (bicyclic) bond motifs is 2. The highest BCUT2D eigenvalue weighted by Crippen LogP contribution is 2.37. The predicted octanol–water partition coefficient (Wildman–Crippen LogP) is 3.34. The van der Waals surface area contributed by atoms with Crippen LogP contribution in [0.1, 0.15) is 30.0 Å². The van der Waals surface area contributed by atoms with Crippen molar-refractivity contribution < 1.29 is 9.53 Å². The van der Waals surface area contributed by atoms with Gasteiger partial charge >= 0.3 is 6.09 Å². The maximum absolute atomic E-state index is 12.0. The van der Waals surface area contributed by atoms with Gasteiger partial charge in [-0.3, -0.25) is 4.90 Å². The van der Waals surface area contributed by atoms with Gasteiger partial charge in [0.15, 0.2) is 0 Å². The van der Waals surface area contributed by atoms with Gasteiger partial charge in [0, 0.05) is 18.1 Å². The second-order valence-electron chi connectivity index (χ2n) is 4.70. The van der Waals surface area contributed by atoms with E-state index in [4.69, 9.17) is 4.74 Å². The highest BCUT2D eigenvalue weighted by atomic mass is 32.2. The number of thioether (sulfide) groups is 1. The number of rotatable bonds is 1. The van der Waals surface area contributed by atoms with Crippen molar-refractivity contribution in [2.24, 2.45) is 0 Å². The fourth-order valence-electron chi connectivity index (χ4n) is 2.66. The largest absolute Gasteiger partial charge is 0.449 e. The molecule has 96 valence electrons. The number of aryl methyl sites for hydroxylation is 1. The van der Waals surface area contributed by atoms with Gasteiger partial charge in [0.25, 0.3) is 0 Å². The molecule has 1 amide bonds. The zero-order chi connectivity index (χ0) is 12.5. The average Bonchev–Trinajstić information content (AvgIpc) is 2.82. The Kier molecular flexibility index (Phi) is 3.20. The van der Waals surface area contributed by atoms with Crippen LogP contribution in [0.5, 0.6) is 0 Å². The van der Waals surface area contributed by atoms with E-state index in [-0.39, 0.29) is 6.09 Å². The van der Waals surface area contributed by atoms with E-state index in [0.717, 1.165) is 36.6 Å². The lowest BCUT2D eigenvalue weighted by Crippen LogP contribution is -2.36. The molecule has 0 saturated carbocycles. The minimum Gasteiger partial charge on any atom is -0.449 e. The molecule has 0 N–H and O–H groups in total. The average molecular weight is 263 g/mol. The summed E-state index contributed by atoms with van der Waals surface area (Å²) in [5.41, 5.74) is 5.20. The normalized spacial score (nSPS) is 17.3. The summed E-state index contributed by atoms with van der Waals surface area (Å²) in [5.74, 6) is 2.18. The Morgan fingerprint density at radius 1 is 1.33 bits per heavy atom. The van der Waals surface area contributed by atoms with Crippen LogP contribution in [-0.2, 0) is 22.7 Å². The lowest BCUT2D eigenvalue weighted by atomic mass is 9.97. The topological polar surface area (TPSA) is 29.5 Å². The molecular weight excluding hydrogens is 246 g/mol. The summed E-state index contributed by atoms with van der Waals surface area (Å²) in [6.45, 7) is 3.06. The Hall–Kier alpha value is -1.16. The zero-order valence-corrected chi connectivity index (χ0v) is 11.4. The van der Waals surface area contributed by atoms with Gasteiger partial charge in [-0.1, -0.05) is 6.07 Å². The van der Waals surface area contributed by atoms with Crippen molar-refractivity contribution in [2.45, 2.75) is 31.3 Å². The van der Waals surface area contributed by atoms with Gasteiger partial charge in [-0.05, 0) is 42.5 Å². The van der Waals surface area contributed by atoms with Crippen molar-refractivity contribution in [3.05, 3.63) is 28.8 Å². The number of ether oxygens (including phenoxy) is 1. The van der Waals surface area contributed by atoms with Crippen LogP contribution in [0.15, 0.2) is 12.1 Å². The standard InChI is InChI=1S/C14H17NO2S/c1-2-17-14(16)15-5-3-4-10-6-11-8-18-9-12(11)7-13(10)15/h6-7H,2-5,8-9H2,1H3. The van der Waals surface area contributed by atoms with E-state index < -0.39 is 0 Å². The third-order valence-electron chi connectivity index (χ3n) is 3.52. The van der Waals surface area contributed by atoms with Crippen LogP contribution in [0.25, 0.3) is 0 Å². The number of anilines is 1.